The Balaban J connectivity index is 0.00000127. The van der Waals surface area contributed by atoms with Gasteiger partial charge in [0.15, 0.2) is 9.84 Å². The maximum absolute atomic E-state index is 13.0. The molecule has 0 saturated carbocycles. The summed E-state index contributed by atoms with van der Waals surface area (Å²) in [4.78, 5) is 0. The molecule has 0 aliphatic carbocycles. The maximum Gasteiger partial charge on any atom is 0.175 e. The van der Waals surface area contributed by atoms with E-state index >= 15 is 0 Å². The number of hydrogen-bond donors (Lipinski definition) is 1. The van der Waals surface area contributed by atoms with E-state index in [4.69, 9.17) is 17.3 Å². The molecule has 23 heavy (non-hydrogen) atoms. The Hall–Kier alpha value is -2.11. The number of halogens is 2. The van der Waals surface area contributed by atoms with Crippen LogP contribution in [0.5, 0.6) is 0 Å². The molecule has 0 aliphatic rings. The van der Waals surface area contributed by atoms with E-state index in [0.29, 0.717) is 16.1 Å². The summed E-state index contributed by atoms with van der Waals surface area (Å²) in [5.74, 6) is -0.659. The third kappa shape index (κ3) is 6.26. The van der Waals surface area contributed by atoms with Crippen LogP contribution in [0.3, 0.4) is 0 Å². The van der Waals surface area contributed by atoms with Gasteiger partial charge in [-0.25, -0.2) is 12.8 Å². The van der Waals surface area contributed by atoms with Crippen molar-refractivity contribution in [1.29, 1.82) is 0 Å². The summed E-state index contributed by atoms with van der Waals surface area (Å²) in [6.07, 6.45) is 1.39. The standard InChI is InChI=1S/C15H13ClFNO2S.C2H4/c16-13-4-1-12(2-5-13)10-21(19,20)8-7-11-3-6-14(17)15(18)9-11;1-2/h1-9H,10,18H2;1-2H2/b8-7+;. The van der Waals surface area contributed by atoms with Gasteiger partial charge >= 0.3 is 0 Å². The summed E-state index contributed by atoms with van der Waals surface area (Å²) in [5.41, 5.74) is 6.57. The highest BCUT2D eigenvalue weighted by Gasteiger charge is 2.08. The Morgan fingerprint density at radius 3 is 2.30 bits per heavy atom. The molecule has 6 heteroatoms. The molecule has 0 aliphatic heterocycles. The van der Waals surface area contributed by atoms with E-state index < -0.39 is 15.7 Å². The third-order valence-corrected chi connectivity index (χ3v) is 4.31. The van der Waals surface area contributed by atoms with E-state index in [1.807, 2.05) is 0 Å². The number of hydrogen-bond acceptors (Lipinski definition) is 3. The van der Waals surface area contributed by atoms with E-state index in [2.05, 4.69) is 13.2 Å². The summed E-state index contributed by atoms with van der Waals surface area (Å²) in [5, 5.41) is 1.64. The number of rotatable bonds is 4. The molecule has 0 radical (unpaired) electrons. The molecular weight excluding hydrogens is 337 g/mol. The van der Waals surface area contributed by atoms with Crippen molar-refractivity contribution in [2.45, 2.75) is 5.75 Å². The predicted molar refractivity (Wildman–Crippen MR) is 95.2 cm³/mol. The second kappa shape index (κ2) is 8.50. The molecule has 0 heterocycles. The zero-order valence-electron chi connectivity index (χ0n) is 12.4. The zero-order chi connectivity index (χ0) is 17.5. The summed E-state index contributed by atoms with van der Waals surface area (Å²) >= 11 is 5.75. The lowest BCUT2D eigenvalue weighted by Crippen LogP contribution is -1.99. The van der Waals surface area contributed by atoms with Crippen LogP contribution in [0.15, 0.2) is 61.0 Å². The molecule has 2 aromatic carbocycles. The van der Waals surface area contributed by atoms with Gasteiger partial charge in [0.05, 0.1) is 11.4 Å². The third-order valence-electron chi connectivity index (χ3n) is 2.77. The van der Waals surface area contributed by atoms with Crippen molar-refractivity contribution in [1.82, 2.24) is 0 Å². The Morgan fingerprint density at radius 1 is 1.13 bits per heavy atom. The molecule has 0 fully saturated rings. The van der Waals surface area contributed by atoms with E-state index in [-0.39, 0.29) is 11.4 Å². The molecule has 0 saturated heterocycles. The fourth-order valence-corrected chi connectivity index (χ4v) is 2.95. The second-order valence-corrected chi connectivity index (χ2v) is 6.84. The van der Waals surface area contributed by atoms with E-state index in [1.165, 1.54) is 24.3 Å². The van der Waals surface area contributed by atoms with Gasteiger partial charge in [-0.15, -0.1) is 13.2 Å². The van der Waals surface area contributed by atoms with Crippen molar-refractivity contribution >= 4 is 33.2 Å². The molecule has 2 N–H and O–H groups in total. The van der Waals surface area contributed by atoms with Gasteiger partial charge in [0.25, 0.3) is 0 Å². The summed E-state index contributed by atoms with van der Waals surface area (Å²) in [6.45, 7) is 6.00. The SMILES string of the molecule is C=C.Nc1cc(/C=C/S(=O)(=O)Cc2ccc(Cl)cc2)ccc1F. The lowest BCUT2D eigenvalue weighted by molar-refractivity contribution is 0.604. The second-order valence-electron chi connectivity index (χ2n) is 4.52. The Kier molecular flexibility index (Phi) is 7.00. The minimum Gasteiger partial charge on any atom is -0.396 e. The molecular formula is C17H17ClFNO2S. The summed E-state index contributed by atoms with van der Waals surface area (Å²) in [6, 6.07) is 10.6. The first-order valence-corrected chi connectivity index (χ1v) is 8.65. The molecule has 0 aromatic heterocycles. The van der Waals surface area contributed by atoms with E-state index in [1.54, 1.807) is 24.3 Å². The summed E-state index contributed by atoms with van der Waals surface area (Å²) < 4.78 is 37.0. The molecule has 0 unspecified atom stereocenters. The lowest BCUT2D eigenvalue weighted by atomic mass is 10.2. The maximum atomic E-state index is 13.0. The first-order chi connectivity index (χ1) is 10.9. The fourth-order valence-electron chi connectivity index (χ4n) is 1.71. The summed E-state index contributed by atoms with van der Waals surface area (Å²) in [7, 11) is -3.43. The molecule has 2 aromatic rings. The highest BCUT2D eigenvalue weighted by atomic mass is 35.5. The number of nitrogens with two attached hydrogens (primary N) is 1. The minimum absolute atomic E-state index is 0.0211. The van der Waals surface area contributed by atoms with Crippen molar-refractivity contribution in [3.63, 3.8) is 0 Å². The van der Waals surface area contributed by atoms with Crippen LogP contribution in [-0.4, -0.2) is 8.42 Å². The minimum atomic E-state index is -3.43. The van der Waals surface area contributed by atoms with Gasteiger partial charge in [0.1, 0.15) is 5.82 Å². The van der Waals surface area contributed by atoms with Crippen LogP contribution in [0, 0.1) is 5.82 Å². The van der Waals surface area contributed by atoms with Gasteiger partial charge < -0.3 is 5.73 Å². The van der Waals surface area contributed by atoms with E-state index in [0.717, 1.165) is 5.41 Å². The average molecular weight is 354 g/mol. The largest absolute Gasteiger partial charge is 0.396 e. The number of anilines is 1. The molecule has 0 atom stereocenters. The van der Waals surface area contributed by atoms with E-state index in [9.17, 15) is 12.8 Å². The van der Waals surface area contributed by atoms with Crippen LogP contribution in [-0.2, 0) is 15.6 Å². The topological polar surface area (TPSA) is 60.2 Å². The smallest absolute Gasteiger partial charge is 0.175 e. The first-order valence-electron chi connectivity index (χ1n) is 6.56. The van der Waals surface area contributed by atoms with Gasteiger partial charge in [-0.3, -0.25) is 0 Å². The van der Waals surface area contributed by atoms with Crippen LogP contribution in [0.1, 0.15) is 11.1 Å². The number of nitrogen functional groups attached to an aromatic ring is 1. The lowest BCUT2D eigenvalue weighted by Gasteiger charge is -2.01. The van der Waals surface area contributed by atoms with Crippen molar-refractivity contribution < 1.29 is 12.8 Å². The monoisotopic (exact) mass is 353 g/mol. The predicted octanol–water partition coefficient (Wildman–Crippen LogP) is 4.45. The van der Waals surface area contributed by atoms with Crippen molar-refractivity contribution in [3.05, 3.63) is 83.0 Å². The normalized spacial score (nSPS) is 11.0. The Labute approximate surface area is 140 Å². The van der Waals surface area contributed by atoms with Gasteiger partial charge in [-0.2, -0.15) is 0 Å². The average Bonchev–Trinajstić information content (AvgIpc) is 2.53. The molecule has 122 valence electrons. The fraction of sp³-hybridized carbons (Fsp3) is 0.0588. The molecule has 0 amide bonds. The Bertz CT molecular complexity index is 787. The molecule has 0 bridgehead atoms. The van der Waals surface area contributed by atoms with Crippen molar-refractivity contribution in [3.8, 4) is 0 Å². The van der Waals surface area contributed by atoms with Crippen LogP contribution >= 0.6 is 11.6 Å². The van der Waals surface area contributed by atoms with Crippen molar-refractivity contribution in [2.75, 3.05) is 5.73 Å². The van der Waals surface area contributed by atoms with Gasteiger partial charge in [-0.05, 0) is 41.5 Å². The van der Waals surface area contributed by atoms with Crippen LogP contribution in [0.2, 0.25) is 5.02 Å². The van der Waals surface area contributed by atoms with Gasteiger partial charge in [0, 0.05) is 10.4 Å². The van der Waals surface area contributed by atoms with Crippen molar-refractivity contribution in [2.24, 2.45) is 0 Å². The molecule has 3 nitrogen and oxygen atoms in total. The number of benzene rings is 2. The highest BCUT2D eigenvalue weighted by Crippen LogP contribution is 2.16. The Morgan fingerprint density at radius 2 is 1.74 bits per heavy atom. The van der Waals surface area contributed by atoms with Crippen LogP contribution < -0.4 is 5.73 Å². The first kappa shape index (κ1) is 18.9. The van der Waals surface area contributed by atoms with Crippen LogP contribution in [0.4, 0.5) is 10.1 Å². The molecule has 2 rings (SSSR count). The number of sulfone groups is 1. The van der Waals surface area contributed by atoms with Gasteiger partial charge in [0.2, 0.25) is 0 Å². The molecule has 0 spiro atoms. The zero-order valence-corrected chi connectivity index (χ0v) is 13.9. The van der Waals surface area contributed by atoms with Gasteiger partial charge in [-0.1, -0.05) is 29.8 Å². The van der Waals surface area contributed by atoms with Crippen LogP contribution in [0.25, 0.3) is 6.08 Å². The quantitative estimate of drug-likeness (QED) is 0.652. The highest BCUT2D eigenvalue weighted by molar-refractivity contribution is 7.93.